The van der Waals surface area contributed by atoms with E-state index in [1.54, 1.807) is 11.7 Å². The van der Waals surface area contributed by atoms with Crippen LogP contribution in [0.2, 0.25) is 0 Å². The van der Waals surface area contributed by atoms with Crippen molar-refractivity contribution in [2.45, 2.75) is 19.0 Å². The number of carbonyl (C=O) groups excluding carboxylic acids is 1. The summed E-state index contributed by atoms with van der Waals surface area (Å²) in [5.41, 5.74) is 9.87. The van der Waals surface area contributed by atoms with Gasteiger partial charge in [0.1, 0.15) is 0 Å². The van der Waals surface area contributed by atoms with Crippen LogP contribution in [0.3, 0.4) is 0 Å². The fourth-order valence-electron chi connectivity index (χ4n) is 2.26. The van der Waals surface area contributed by atoms with E-state index >= 15 is 0 Å². The molecule has 0 saturated carbocycles. The Hall–Kier alpha value is -2.18. The minimum Gasteiger partial charge on any atom is -0.361 e. The number of para-hydroxylation sites is 1. The molecule has 1 amide bonds. The van der Waals surface area contributed by atoms with Gasteiger partial charge in [-0.3, -0.25) is 9.78 Å². The first-order chi connectivity index (χ1) is 10.2. The first kappa shape index (κ1) is 13.8. The third-order valence-corrected chi connectivity index (χ3v) is 4.15. The largest absolute Gasteiger partial charge is 0.361 e. The average Bonchev–Trinajstić information content (AvgIpc) is 3.15. The summed E-state index contributed by atoms with van der Waals surface area (Å²) >= 11 is 1.51. The van der Waals surface area contributed by atoms with Crippen molar-refractivity contribution in [1.29, 1.82) is 0 Å². The molecule has 3 aromatic rings. The molecule has 1 atom stereocenters. The van der Waals surface area contributed by atoms with Crippen molar-refractivity contribution >= 4 is 28.1 Å². The van der Waals surface area contributed by atoms with E-state index in [0.29, 0.717) is 13.0 Å². The van der Waals surface area contributed by atoms with Gasteiger partial charge in [-0.2, -0.15) is 0 Å². The number of nitrogens with zero attached hydrogens (tertiary/aromatic N) is 1. The molecular weight excluding hydrogens is 284 g/mol. The first-order valence-electron chi connectivity index (χ1n) is 6.69. The summed E-state index contributed by atoms with van der Waals surface area (Å²) in [5, 5.41) is 3.96. The van der Waals surface area contributed by atoms with E-state index in [4.69, 9.17) is 5.73 Å². The van der Waals surface area contributed by atoms with Crippen LogP contribution in [-0.4, -0.2) is 21.9 Å². The van der Waals surface area contributed by atoms with E-state index in [2.05, 4.69) is 15.3 Å². The van der Waals surface area contributed by atoms with Crippen LogP contribution >= 0.6 is 11.3 Å². The van der Waals surface area contributed by atoms with Crippen LogP contribution in [0.25, 0.3) is 10.9 Å². The molecule has 2 heterocycles. The first-order valence-corrected chi connectivity index (χ1v) is 7.57. The number of carbonyl (C=O) groups is 1. The zero-order chi connectivity index (χ0) is 14.7. The third-order valence-electron chi connectivity index (χ3n) is 3.37. The lowest BCUT2D eigenvalue weighted by molar-refractivity contribution is -0.122. The standard InChI is InChI=1S/C15H16N4OS/c16-13(15(20)19-8-11-7-17-9-21-11)5-10-6-18-14-4-2-1-3-12(10)14/h1-4,6-7,9,13,18H,5,8,16H2,(H,19,20)/t13-/m0/s1. The second kappa shape index (κ2) is 6.07. The van der Waals surface area contributed by atoms with Gasteiger partial charge in [0.2, 0.25) is 5.91 Å². The Morgan fingerprint density at radius 1 is 1.43 bits per heavy atom. The highest BCUT2D eigenvalue weighted by atomic mass is 32.1. The number of thiazole rings is 1. The van der Waals surface area contributed by atoms with Crippen LogP contribution in [0.15, 0.2) is 42.2 Å². The molecule has 1 aromatic carbocycles. The Labute approximate surface area is 126 Å². The topological polar surface area (TPSA) is 83.8 Å². The van der Waals surface area contributed by atoms with Gasteiger partial charge >= 0.3 is 0 Å². The molecule has 0 aliphatic heterocycles. The molecule has 21 heavy (non-hydrogen) atoms. The van der Waals surface area contributed by atoms with Gasteiger partial charge in [-0.1, -0.05) is 18.2 Å². The number of hydrogen-bond acceptors (Lipinski definition) is 4. The highest BCUT2D eigenvalue weighted by Gasteiger charge is 2.16. The van der Waals surface area contributed by atoms with Gasteiger partial charge < -0.3 is 16.0 Å². The molecule has 0 aliphatic carbocycles. The minimum atomic E-state index is -0.558. The second-order valence-corrected chi connectivity index (χ2v) is 5.83. The summed E-state index contributed by atoms with van der Waals surface area (Å²) in [6, 6.07) is 7.44. The summed E-state index contributed by atoms with van der Waals surface area (Å²) < 4.78 is 0. The molecule has 6 heteroatoms. The number of hydrogen-bond donors (Lipinski definition) is 3. The van der Waals surface area contributed by atoms with E-state index in [1.807, 2.05) is 30.5 Å². The predicted molar refractivity (Wildman–Crippen MR) is 83.9 cm³/mol. The molecule has 0 aliphatic rings. The molecular formula is C15H16N4OS. The number of aromatic nitrogens is 2. The van der Waals surface area contributed by atoms with Crippen molar-refractivity contribution in [3.05, 3.63) is 52.6 Å². The van der Waals surface area contributed by atoms with Crippen molar-refractivity contribution in [3.63, 3.8) is 0 Å². The van der Waals surface area contributed by atoms with Crippen LogP contribution < -0.4 is 11.1 Å². The average molecular weight is 300 g/mol. The summed E-state index contributed by atoms with van der Waals surface area (Å²) in [7, 11) is 0. The number of aromatic amines is 1. The molecule has 108 valence electrons. The Balaban J connectivity index is 1.62. The van der Waals surface area contributed by atoms with E-state index < -0.39 is 6.04 Å². The van der Waals surface area contributed by atoms with Gasteiger partial charge in [0, 0.05) is 28.2 Å². The van der Waals surface area contributed by atoms with Crippen molar-refractivity contribution in [1.82, 2.24) is 15.3 Å². The number of nitrogens with two attached hydrogens (primary N) is 1. The lowest BCUT2D eigenvalue weighted by Gasteiger charge is -2.11. The molecule has 3 rings (SSSR count). The molecule has 0 bridgehead atoms. The Kier molecular flexibility index (Phi) is 3.98. The van der Waals surface area contributed by atoms with E-state index in [-0.39, 0.29) is 5.91 Å². The van der Waals surface area contributed by atoms with Crippen molar-refractivity contribution in [2.75, 3.05) is 0 Å². The zero-order valence-electron chi connectivity index (χ0n) is 11.4. The molecule has 5 nitrogen and oxygen atoms in total. The maximum absolute atomic E-state index is 12.0. The van der Waals surface area contributed by atoms with Crippen molar-refractivity contribution in [2.24, 2.45) is 5.73 Å². The summed E-state index contributed by atoms with van der Waals surface area (Å²) in [4.78, 5) is 20.2. The van der Waals surface area contributed by atoms with Gasteiger partial charge in [-0.25, -0.2) is 0 Å². The van der Waals surface area contributed by atoms with Crippen LogP contribution in [0.1, 0.15) is 10.4 Å². The number of benzene rings is 1. The van der Waals surface area contributed by atoms with Crippen LogP contribution in [-0.2, 0) is 17.8 Å². The molecule has 4 N–H and O–H groups in total. The lowest BCUT2D eigenvalue weighted by Crippen LogP contribution is -2.41. The number of amides is 1. The van der Waals surface area contributed by atoms with Crippen LogP contribution in [0.4, 0.5) is 0 Å². The summed E-state index contributed by atoms with van der Waals surface area (Å²) in [6.07, 6.45) is 4.18. The van der Waals surface area contributed by atoms with E-state index in [0.717, 1.165) is 21.3 Å². The highest BCUT2D eigenvalue weighted by Crippen LogP contribution is 2.18. The Morgan fingerprint density at radius 2 is 2.29 bits per heavy atom. The molecule has 0 unspecified atom stereocenters. The van der Waals surface area contributed by atoms with E-state index in [9.17, 15) is 4.79 Å². The van der Waals surface area contributed by atoms with Gasteiger partial charge in [-0.05, 0) is 18.1 Å². The monoisotopic (exact) mass is 300 g/mol. The number of fused-ring (bicyclic) bond motifs is 1. The van der Waals surface area contributed by atoms with Gasteiger partial charge in [0.15, 0.2) is 0 Å². The molecule has 0 spiro atoms. The van der Waals surface area contributed by atoms with E-state index in [1.165, 1.54) is 11.3 Å². The third kappa shape index (κ3) is 3.12. The van der Waals surface area contributed by atoms with Crippen molar-refractivity contribution in [3.8, 4) is 0 Å². The Morgan fingerprint density at radius 3 is 3.10 bits per heavy atom. The summed E-state index contributed by atoms with van der Waals surface area (Å²) in [5.74, 6) is -0.145. The SMILES string of the molecule is N[C@@H](Cc1c[nH]c2ccccc12)C(=O)NCc1cncs1. The van der Waals surface area contributed by atoms with Gasteiger partial charge in [-0.15, -0.1) is 11.3 Å². The number of H-pyrrole nitrogens is 1. The lowest BCUT2D eigenvalue weighted by atomic mass is 10.1. The molecule has 0 fully saturated rings. The number of nitrogens with one attached hydrogen (secondary N) is 2. The predicted octanol–water partition coefficient (Wildman–Crippen LogP) is 1.81. The zero-order valence-corrected chi connectivity index (χ0v) is 12.2. The fourth-order valence-corrected chi connectivity index (χ4v) is 2.80. The second-order valence-electron chi connectivity index (χ2n) is 4.86. The fraction of sp³-hybridized carbons (Fsp3) is 0.200. The highest BCUT2D eigenvalue weighted by molar-refractivity contribution is 7.09. The summed E-state index contributed by atoms with van der Waals surface area (Å²) in [6.45, 7) is 0.477. The maximum Gasteiger partial charge on any atom is 0.237 e. The van der Waals surface area contributed by atoms with Crippen molar-refractivity contribution < 1.29 is 4.79 Å². The maximum atomic E-state index is 12.0. The van der Waals surface area contributed by atoms with Gasteiger partial charge in [0.25, 0.3) is 0 Å². The molecule has 2 aromatic heterocycles. The quantitative estimate of drug-likeness (QED) is 0.672. The molecule has 0 radical (unpaired) electrons. The van der Waals surface area contributed by atoms with Crippen LogP contribution in [0.5, 0.6) is 0 Å². The smallest absolute Gasteiger partial charge is 0.237 e. The van der Waals surface area contributed by atoms with Gasteiger partial charge in [0.05, 0.1) is 18.1 Å². The Bertz CT molecular complexity index is 735. The van der Waals surface area contributed by atoms with Crippen LogP contribution in [0, 0.1) is 0 Å². The minimum absolute atomic E-state index is 0.145. The molecule has 0 saturated heterocycles. The normalized spacial score (nSPS) is 12.4. The number of rotatable bonds is 5.